The fraction of sp³-hybridized carbons (Fsp3) is 0.375. The molecular formula is C16H19FN6O5S. The lowest BCUT2D eigenvalue weighted by molar-refractivity contribution is 0.309. The number of hydrogen-bond acceptors (Lipinski definition) is 9. The Morgan fingerprint density at radius 1 is 1.24 bits per heavy atom. The van der Waals surface area contributed by atoms with E-state index >= 15 is 0 Å². The Morgan fingerprint density at radius 3 is 2.69 bits per heavy atom. The topological polar surface area (TPSA) is 145 Å². The Bertz CT molecular complexity index is 1170. The van der Waals surface area contributed by atoms with E-state index in [1.54, 1.807) is 20.8 Å². The van der Waals surface area contributed by atoms with E-state index in [0.29, 0.717) is 11.3 Å². The lowest BCUT2D eigenvalue weighted by Gasteiger charge is -2.09. The van der Waals surface area contributed by atoms with Crippen molar-refractivity contribution in [2.24, 2.45) is 0 Å². The third kappa shape index (κ3) is 4.68. The fourth-order valence-electron chi connectivity index (χ4n) is 2.57. The molecule has 0 aliphatic carbocycles. The number of rotatable bonds is 8. The molecule has 0 aliphatic rings. The number of halogens is 1. The van der Waals surface area contributed by atoms with Crippen LogP contribution in [0.4, 0.5) is 10.2 Å². The van der Waals surface area contributed by atoms with Gasteiger partial charge in [0, 0.05) is 12.6 Å². The summed E-state index contributed by atoms with van der Waals surface area (Å²) < 4.78 is 50.4. The number of anilines is 1. The summed E-state index contributed by atoms with van der Waals surface area (Å²) in [5.74, 6) is -1.43. The second-order valence-electron chi connectivity index (χ2n) is 6.52. The number of nitrogens with zero attached hydrogens (tertiary/aromatic N) is 4. The fourth-order valence-corrected chi connectivity index (χ4v) is 3.78. The van der Waals surface area contributed by atoms with Crippen LogP contribution in [-0.2, 0) is 10.0 Å². The molecule has 0 saturated carbocycles. The van der Waals surface area contributed by atoms with Crippen molar-refractivity contribution in [3.8, 4) is 17.2 Å². The Labute approximate surface area is 164 Å². The van der Waals surface area contributed by atoms with Crippen LogP contribution in [-0.4, -0.2) is 46.8 Å². The third-order valence-corrected chi connectivity index (χ3v) is 5.36. The molecule has 2 aromatic heterocycles. The molecule has 0 radical (unpaired) electrons. The average Bonchev–Trinajstić information content (AvgIpc) is 3.22. The molecule has 29 heavy (non-hydrogen) atoms. The van der Waals surface area contributed by atoms with E-state index in [1.807, 2.05) is 0 Å². The minimum absolute atomic E-state index is 0.000999. The van der Waals surface area contributed by atoms with Gasteiger partial charge in [0.2, 0.25) is 21.7 Å². The highest BCUT2D eigenvalue weighted by atomic mass is 32.2. The van der Waals surface area contributed by atoms with E-state index in [0.717, 1.165) is 4.57 Å². The molecule has 0 spiro atoms. The number of aryl methyl sites for hydroxylation is 1. The summed E-state index contributed by atoms with van der Waals surface area (Å²) in [6.07, 6.45) is 0. The van der Waals surface area contributed by atoms with Gasteiger partial charge in [-0.15, -0.1) is 0 Å². The van der Waals surface area contributed by atoms with Crippen LogP contribution in [0.15, 0.2) is 32.1 Å². The molecule has 0 bridgehead atoms. The lowest BCUT2D eigenvalue weighted by atomic mass is 10.2. The first-order chi connectivity index (χ1) is 13.7. The molecule has 3 aromatic rings. The second-order valence-corrected chi connectivity index (χ2v) is 8.39. The Morgan fingerprint density at radius 2 is 2.00 bits per heavy atom. The molecular weight excluding hydrogens is 407 g/mol. The first-order valence-corrected chi connectivity index (χ1v) is 10.2. The Balaban J connectivity index is 1.86. The molecule has 0 aliphatic heterocycles. The van der Waals surface area contributed by atoms with Gasteiger partial charge >= 0.3 is 5.76 Å². The largest absolute Gasteiger partial charge is 0.446 e. The standard InChI is InChI=1S/C16H19FN6O5S/c1-9(2)22-29(25,26)7-6-18-14-13(19-28-20-14)15-21-27-16(24)23(15)11-4-5-12(17)10(3)8-11/h4-5,8-9,22H,6-7H2,1-3H3,(H,18,20). The highest BCUT2D eigenvalue weighted by molar-refractivity contribution is 7.89. The SMILES string of the molecule is Cc1cc(-n2c(-c3nonc3NCCS(=O)(=O)NC(C)C)noc2=O)ccc1F. The highest BCUT2D eigenvalue weighted by Gasteiger charge is 2.23. The minimum Gasteiger partial charge on any atom is -0.364 e. The van der Waals surface area contributed by atoms with Gasteiger partial charge in [-0.2, -0.15) is 0 Å². The Hall–Kier alpha value is -3.06. The first kappa shape index (κ1) is 20.7. The number of hydrogen-bond donors (Lipinski definition) is 2. The molecule has 0 saturated heterocycles. The van der Waals surface area contributed by atoms with Crippen molar-refractivity contribution in [3.63, 3.8) is 0 Å². The van der Waals surface area contributed by atoms with E-state index in [4.69, 9.17) is 9.15 Å². The first-order valence-electron chi connectivity index (χ1n) is 8.60. The van der Waals surface area contributed by atoms with Gasteiger partial charge in [-0.1, -0.05) is 5.16 Å². The van der Waals surface area contributed by atoms with Gasteiger partial charge in [0.1, 0.15) is 5.82 Å². The van der Waals surface area contributed by atoms with Gasteiger partial charge in [0.05, 0.1) is 11.4 Å². The predicted octanol–water partition coefficient (Wildman–Crippen LogP) is 1.06. The van der Waals surface area contributed by atoms with E-state index in [2.05, 4.69) is 25.5 Å². The van der Waals surface area contributed by atoms with Crippen molar-refractivity contribution in [3.05, 3.63) is 40.1 Å². The summed E-state index contributed by atoms with van der Waals surface area (Å²) in [6.45, 7) is 4.98. The third-order valence-electron chi connectivity index (χ3n) is 3.78. The summed E-state index contributed by atoms with van der Waals surface area (Å²) in [7, 11) is -3.48. The van der Waals surface area contributed by atoms with Crippen LogP contribution in [0.25, 0.3) is 17.2 Å². The predicted molar refractivity (Wildman–Crippen MR) is 101 cm³/mol. The van der Waals surface area contributed by atoms with Crippen LogP contribution in [0.5, 0.6) is 0 Å². The molecule has 0 fully saturated rings. The van der Waals surface area contributed by atoms with Gasteiger partial charge in [-0.05, 0) is 54.8 Å². The Kier molecular flexibility index (Phi) is 5.79. The highest BCUT2D eigenvalue weighted by Crippen LogP contribution is 2.24. The van der Waals surface area contributed by atoms with Crippen molar-refractivity contribution in [2.75, 3.05) is 17.6 Å². The van der Waals surface area contributed by atoms with Crippen LogP contribution in [0, 0.1) is 12.7 Å². The monoisotopic (exact) mass is 426 g/mol. The van der Waals surface area contributed by atoms with Gasteiger partial charge in [-0.25, -0.2) is 31.5 Å². The normalized spacial score (nSPS) is 11.9. The van der Waals surface area contributed by atoms with Crippen LogP contribution in [0.3, 0.4) is 0 Å². The van der Waals surface area contributed by atoms with Crippen LogP contribution < -0.4 is 15.8 Å². The van der Waals surface area contributed by atoms with Gasteiger partial charge < -0.3 is 5.32 Å². The number of sulfonamides is 1. The zero-order valence-corrected chi connectivity index (χ0v) is 16.7. The smallest absolute Gasteiger partial charge is 0.364 e. The van der Waals surface area contributed by atoms with Crippen molar-refractivity contribution >= 4 is 15.8 Å². The minimum atomic E-state index is -3.48. The number of aromatic nitrogens is 4. The van der Waals surface area contributed by atoms with Gasteiger partial charge in [-0.3, -0.25) is 4.52 Å². The van der Waals surface area contributed by atoms with Crippen molar-refractivity contribution in [2.45, 2.75) is 26.8 Å². The quantitative estimate of drug-likeness (QED) is 0.540. The van der Waals surface area contributed by atoms with Crippen molar-refractivity contribution in [1.29, 1.82) is 0 Å². The molecule has 0 atom stereocenters. The number of nitrogens with one attached hydrogen (secondary N) is 2. The van der Waals surface area contributed by atoms with Crippen LogP contribution in [0.2, 0.25) is 0 Å². The zero-order valence-electron chi connectivity index (χ0n) is 15.8. The molecule has 156 valence electrons. The maximum absolute atomic E-state index is 13.6. The molecule has 0 unspecified atom stereocenters. The maximum Gasteiger partial charge on any atom is 0.446 e. The van der Waals surface area contributed by atoms with E-state index in [9.17, 15) is 17.6 Å². The molecule has 2 heterocycles. The molecule has 2 N–H and O–H groups in total. The van der Waals surface area contributed by atoms with Crippen molar-refractivity contribution < 1.29 is 22.0 Å². The van der Waals surface area contributed by atoms with Gasteiger partial charge in [0.15, 0.2) is 5.69 Å². The molecule has 1 aromatic carbocycles. The van der Waals surface area contributed by atoms with Crippen molar-refractivity contribution in [1.82, 2.24) is 24.8 Å². The summed E-state index contributed by atoms with van der Waals surface area (Å²) in [5.41, 5.74) is 0.663. The molecule has 3 rings (SSSR count). The zero-order chi connectivity index (χ0) is 21.2. The molecule has 11 nitrogen and oxygen atoms in total. The summed E-state index contributed by atoms with van der Waals surface area (Å²) in [4.78, 5) is 12.1. The second kappa shape index (κ2) is 8.13. The van der Waals surface area contributed by atoms with E-state index in [-0.39, 0.29) is 35.7 Å². The number of benzene rings is 1. The molecule has 0 amide bonds. The van der Waals surface area contributed by atoms with E-state index < -0.39 is 21.6 Å². The average molecular weight is 426 g/mol. The summed E-state index contributed by atoms with van der Waals surface area (Å²) in [5, 5.41) is 13.9. The maximum atomic E-state index is 13.6. The lowest BCUT2D eigenvalue weighted by Crippen LogP contribution is -2.34. The molecule has 13 heteroatoms. The van der Waals surface area contributed by atoms with E-state index in [1.165, 1.54) is 18.2 Å². The van der Waals surface area contributed by atoms with Crippen LogP contribution >= 0.6 is 0 Å². The summed E-state index contributed by atoms with van der Waals surface area (Å²) in [6, 6.07) is 3.81. The summed E-state index contributed by atoms with van der Waals surface area (Å²) >= 11 is 0. The van der Waals surface area contributed by atoms with Gasteiger partial charge in [0.25, 0.3) is 0 Å². The van der Waals surface area contributed by atoms with Crippen LogP contribution in [0.1, 0.15) is 19.4 Å².